The Morgan fingerprint density at radius 3 is 3.18 bits per heavy atom. The first kappa shape index (κ1) is 11.6. The highest BCUT2D eigenvalue weighted by Gasteiger charge is 2.12. The first-order chi connectivity index (χ1) is 8.22. The van der Waals surface area contributed by atoms with E-state index in [0.29, 0.717) is 12.8 Å². The molecule has 0 aliphatic rings. The Bertz CT molecular complexity index is 521. The van der Waals surface area contributed by atoms with Gasteiger partial charge in [0.25, 0.3) is 0 Å². The van der Waals surface area contributed by atoms with E-state index in [1.165, 1.54) is 7.11 Å². The van der Waals surface area contributed by atoms with Crippen LogP contribution in [0.25, 0.3) is 10.9 Å². The number of para-hydroxylation sites is 1. The molecule has 1 aromatic heterocycles. The number of hydrogen-bond donors (Lipinski definition) is 2. The zero-order valence-corrected chi connectivity index (χ0v) is 9.64. The summed E-state index contributed by atoms with van der Waals surface area (Å²) in [5.41, 5.74) is 7.98. The maximum Gasteiger partial charge on any atom is 0.305 e. The van der Waals surface area contributed by atoms with Crippen molar-refractivity contribution in [3.05, 3.63) is 30.0 Å². The van der Waals surface area contributed by atoms with Crippen LogP contribution in [-0.4, -0.2) is 23.3 Å². The highest BCUT2D eigenvalue weighted by atomic mass is 16.5. The number of nitrogens with zero attached hydrogens (tertiary/aromatic N) is 1. The number of H-pyrrole nitrogens is 1. The topological polar surface area (TPSA) is 81.0 Å². The molecule has 1 atom stereocenters. The lowest BCUT2D eigenvalue weighted by molar-refractivity contribution is -0.140. The molecule has 0 bridgehead atoms. The third-order valence-corrected chi connectivity index (χ3v) is 2.80. The van der Waals surface area contributed by atoms with Crippen molar-refractivity contribution in [1.29, 1.82) is 0 Å². The quantitative estimate of drug-likeness (QED) is 0.784. The predicted molar refractivity (Wildman–Crippen MR) is 64.3 cm³/mol. The lowest BCUT2D eigenvalue weighted by Gasteiger charge is -2.11. The Hall–Kier alpha value is -1.88. The van der Waals surface area contributed by atoms with Crippen molar-refractivity contribution in [2.24, 2.45) is 5.73 Å². The van der Waals surface area contributed by atoms with Crippen LogP contribution in [-0.2, 0) is 9.53 Å². The highest BCUT2D eigenvalue weighted by Crippen LogP contribution is 2.23. The van der Waals surface area contributed by atoms with Crippen molar-refractivity contribution in [1.82, 2.24) is 10.2 Å². The number of esters is 1. The summed E-state index contributed by atoms with van der Waals surface area (Å²) in [4.78, 5) is 11.1. The number of rotatable bonds is 4. The first-order valence-electron chi connectivity index (χ1n) is 5.46. The van der Waals surface area contributed by atoms with Gasteiger partial charge in [-0.3, -0.25) is 9.89 Å². The number of hydrogen-bond acceptors (Lipinski definition) is 4. The summed E-state index contributed by atoms with van der Waals surface area (Å²) >= 11 is 0. The number of aromatic amines is 1. The van der Waals surface area contributed by atoms with Gasteiger partial charge in [-0.15, -0.1) is 0 Å². The van der Waals surface area contributed by atoms with Crippen LogP contribution in [0.5, 0.6) is 0 Å². The van der Waals surface area contributed by atoms with E-state index in [-0.39, 0.29) is 12.0 Å². The number of nitrogens with two attached hydrogens (primary N) is 1. The van der Waals surface area contributed by atoms with E-state index in [2.05, 4.69) is 14.9 Å². The van der Waals surface area contributed by atoms with Crippen molar-refractivity contribution in [3.63, 3.8) is 0 Å². The zero-order chi connectivity index (χ0) is 12.3. The summed E-state index contributed by atoms with van der Waals surface area (Å²) in [6, 6.07) is 5.65. The molecule has 0 aliphatic heterocycles. The summed E-state index contributed by atoms with van der Waals surface area (Å²) in [5, 5.41) is 7.93. The molecule has 0 saturated heterocycles. The molecule has 2 rings (SSSR count). The first-order valence-corrected chi connectivity index (χ1v) is 5.46. The van der Waals surface area contributed by atoms with Crippen LogP contribution >= 0.6 is 0 Å². The molecule has 0 aliphatic carbocycles. The number of ether oxygens (including phenoxy) is 1. The largest absolute Gasteiger partial charge is 0.469 e. The Balaban J connectivity index is 2.15. The molecule has 1 heterocycles. The number of fused-ring (bicyclic) bond motifs is 1. The molecule has 5 heteroatoms. The number of aromatic nitrogens is 2. The van der Waals surface area contributed by atoms with Gasteiger partial charge in [0.1, 0.15) is 0 Å². The van der Waals surface area contributed by atoms with Crippen molar-refractivity contribution in [2.45, 2.75) is 18.9 Å². The fourth-order valence-corrected chi connectivity index (χ4v) is 1.83. The van der Waals surface area contributed by atoms with Crippen LogP contribution in [0.2, 0.25) is 0 Å². The molecule has 0 amide bonds. The fraction of sp³-hybridized carbons (Fsp3) is 0.333. The van der Waals surface area contributed by atoms with Crippen molar-refractivity contribution in [2.75, 3.05) is 7.11 Å². The van der Waals surface area contributed by atoms with Crippen molar-refractivity contribution in [3.8, 4) is 0 Å². The smallest absolute Gasteiger partial charge is 0.305 e. The molecule has 1 unspecified atom stereocenters. The maximum atomic E-state index is 11.1. The number of carbonyl (C=O) groups is 1. The number of benzene rings is 1. The number of nitrogens with one attached hydrogen (secondary N) is 1. The molecule has 0 spiro atoms. The molecule has 0 fully saturated rings. The summed E-state index contributed by atoms with van der Waals surface area (Å²) in [6.07, 6.45) is 2.64. The zero-order valence-electron chi connectivity index (χ0n) is 9.64. The third kappa shape index (κ3) is 2.45. The van der Waals surface area contributed by atoms with Gasteiger partial charge in [-0.1, -0.05) is 18.2 Å². The SMILES string of the molecule is COC(=O)CCC(N)c1cccc2cn[nH]c12. The van der Waals surface area contributed by atoms with Gasteiger partial charge in [0.15, 0.2) is 0 Å². The van der Waals surface area contributed by atoms with Gasteiger partial charge in [0, 0.05) is 17.8 Å². The fourth-order valence-electron chi connectivity index (χ4n) is 1.83. The van der Waals surface area contributed by atoms with E-state index in [4.69, 9.17) is 5.73 Å². The third-order valence-electron chi connectivity index (χ3n) is 2.80. The van der Waals surface area contributed by atoms with Crippen LogP contribution in [0, 0.1) is 0 Å². The maximum absolute atomic E-state index is 11.1. The molecular formula is C12H15N3O2. The molecule has 0 radical (unpaired) electrons. The van der Waals surface area contributed by atoms with Gasteiger partial charge >= 0.3 is 5.97 Å². The van der Waals surface area contributed by atoms with E-state index >= 15 is 0 Å². The van der Waals surface area contributed by atoms with Crippen LogP contribution in [0.4, 0.5) is 0 Å². The highest BCUT2D eigenvalue weighted by molar-refractivity contribution is 5.81. The minimum atomic E-state index is -0.239. The van der Waals surface area contributed by atoms with E-state index in [0.717, 1.165) is 16.5 Å². The molecule has 17 heavy (non-hydrogen) atoms. The second-order valence-corrected chi connectivity index (χ2v) is 3.90. The lowest BCUT2D eigenvalue weighted by atomic mass is 10.0. The molecule has 2 aromatic rings. The molecular weight excluding hydrogens is 218 g/mol. The normalized spacial score (nSPS) is 12.6. The molecule has 5 nitrogen and oxygen atoms in total. The summed E-state index contributed by atoms with van der Waals surface area (Å²) in [7, 11) is 1.38. The minimum Gasteiger partial charge on any atom is -0.469 e. The van der Waals surface area contributed by atoms with Crippen LogP contribution in [0.3, 0.4) is 0 Å². The van der Waals surface area contributed by atoms with E-state index in [9.17, 15) is 4.79 Å². The Labute approximate surface area is 98.9 Å². The Kier molecular flexibility index (Phi) is 3.39. The van der Waals surface area contributed by atoms with Gasteiger partial charge in [0.2, 0.25) is 0 Å². The molecule has 0 saturated carbocycles. The Morgan fingerprint density at radius 1 is 1.59 bits per heavy atom. The van der Waals surface area contributed by atoms with E-state index in [1.807, 2.05) is 18.2 Å². The monoisotopic (exact) mass is 233 g/mol. The van der Waals surface area contributed by atoms with E-state index in [1.54, 1.807) is 6.20 Å². The van der Waals surface area contributed by atoms with Gasteiger partial charge in [-0.05, 0) is 12.0 Å². The van der Waals surface area contributed by atoms with Gasteiger partial charge in [0.05, 0.1) is 18.8 Å². The summed E-state index contributed by atoms with van der Waals surface area (Å²) in [6.45, 7) is 0. The summed E-state index contributed by atoms with van der Waals surface area (Å²) in [5.74, 6) is -0.239. The second kappa shape index (κ2) is 4.97. The average Bonchev–Trinajstić information content (AvgIpc) is 2.83. The Morgan fingerprint density at radius 2 is 2.41 bits per heavy atom. The van der Waals surface area contributed by atoms with Crippen molar-refractivity contribution < 1.29 is 9.53 Å². The van der Waals surface area contributed by atoms with Crippen molar-refractivity contribution >= 4 is 16.9 Å². The van der Waals surface area contributed by atoms with Crippen LogP contribution in [0.15, 0.2) is 24.4 Å². The van der Waals surface area contributed by atoms with Crippen LogP contribution < -0.4 is 5.73 Å². The second-order valence-electron chi connectivity index (χ2n) is 3.90. The molecule has 3 N–H and O–H groups in total. The molecule has 90 valence electrons. The average molecular weight is 233 g/mol. The van der Waals surface area contributed by atoms with Gasteiger partial charge in [-0.2, -0.15) is 5.10 Å². The van der Waals surface area contributed by atoms with Gasteiger partial charge < -0.3 is 10.5 Å². The minimum absolute atomic E-state index is 0.196. The lowest BCUT2D eigenvalue weighted by Crippen LogP contribution is -2.13. The van der Waals surface area contributed by atoms with Gasteiger partial charge in [-0.25, -0.2) is 0 Å². The standard InChI is InChI=1S/C12H15N3O2/c1-17-11(16)6-5-10(13)9-4-2-3-8-7-14-15-12(8)9/h2-4,7,10H,5-6,13H2,1H3,(H,14,15). The predicted octanol–water partition coefficient (Wildman–Crippen LogP) is 1.52. The number of methoxy groups -OCH3 is 1. The summed E-state index contributed by atoms with van der Waals surface area (Å²) < 4.78 is 4.59. The van der Waals surface area contributed by atoms with E-state index < -0.39 is 0 Å². The molecule has 1 aromatic carbocycles. The van der Waals surface area contributed by atoms with Crippen LogP contribution in [0.1, 0.15) is 24.4 Å². The number of carbonyl (C=O) groups excluding carboxylic acids is 1.